The number of halogens is 2. The van der Waals surface area contributed by atoms with E-state index in [1.54, 1.807) is 18.2 Å². The summed E-state index contributed by atoms with van der Waals surface area (Å²) in [6.45, 7) is 0.298. The van der Waals surface area contributed by atoms with Gasteiger partial charge in [-0.15, -0.1) is 0 Å². The molecule has 0 aliphatic rings. The molecular weight excluding hydrogens is 443 g/mol. The second kappa shape index (κ2) is 10.6. The van der Waals surface area contributed by atoms with Crippen molar-refractivity contribution in [2.24, 2.45) is 0 Å². The number of esters is 1. The van der Waals surface area contributed by atoms with Crippen LogP contribution in [-0.4, -0.2) is 55.7 Å². The fourth-order valence-electron chi connectivity index (χ4n) is 2.44. The third kappa shape index (κ3) is 5.94. The van der Waals surface area contributed by atoms with Gasteiger partial charge in [-0.2, -0.15) is 0 Å². The van der Waals surface area contributed by atoms with Gasteiger partial charge in [0, 0.05) is 14.2 Å². The fourth-order valence-corrected chi connectivity index (χ4v) is 3.02. The van der Waals surface area contributed by atoms with E-state index in [2.05, 4.69) is 15.6 Å². The van der Waals surface area contributed by atoms with Crippen LogP contribution in [0.3, 0.4) is 0 Å². The Morgan fingerprint density at radius 3 is 2.48 bits per heavy atom. The molecule has 0 saturated heterocycles. The summed E-state index contributed by atoms with van der Waals surface area (Å²) < 4.78 is 16.5. The van der Waals surface area contributed by atoms with E-state index >= 15 is 0 Å². The van der Waals surface area contributed by atoms with Gasteiger partial charge in [-0.3, -0.25) is 5.32 Å². The zero-order valence-electron chi connectivity index (χ0n) is 15.9. The number of imidazole rings is 1. The summed E-state index contributed by atoms with van der Waals surface area (Å²) in [7, 11) is 4.13. The van der Waals surface area contributed by atoms with Crippen molar-refractivity contribution >= 4 is 53.2 Å². The van der Waals surface area contributed by atoms with Crippen molar-refractivity contribution in [3.05, 3.63) is 44.3 Å². The molecule has 2 rings (SSSR count). The molecule has 2 aromatic rings. The van der Waals surface area contributed by atoms with E-state index in [0.29, 0.717) is 10.0 Å². The van der Waals surface area contributed by atoms with Crippen molar-refractivity contribution in [1.82, 2.24) is 14.9 Å². The van der Waals surface area contributed by atoms with E-state index in [4.69, 9.17) is 49.6 Å². The molecule has 0 atom stereocenters. The zero-order chi connectivity index (χ0) is 21.6. The monoisotopic (exact) mass is 462 g/mol. The number of methoxy groups -OCH3 is 3. The van der Waals surface area contributed by atoms with Gasteiger partial charge in [-0.05, 0) is 29.9 Å². The molecule has 158 valence electrons. The van der Waals surface area contributed by atoms with Gasteiger partial charge < -0.3 is 29.1 Å². The van der Waals surface area contributed by atoms with E-state index < -0.39 is 18.3 Å². The van der Waals surface area contributed by atoms with Crippen LogP contribution in [0.15, 0.2) is 18.2 Å². The third-order valence-electron chi connectivity index (χ3n) is 3.88. The summed E-state index contributed by atoms with van der Waals surface area (Å²) >= 11 is 17.3. The number of carbonyl (C=O) groups excluding carboxylic acids is 2. The Labute approximate surface area is 182 Å². The first-order valence-corrected chi connectivity index (χ1v) is 9.42. The van der Waals surface area contributed by atoms with Gasteiger partial charge in [0.25, 0.3) is 0 Å². The molecule has 0 fully saturated rings. The number of urea groups is 1. The van der Waals surface area contributed by atoms with Gasteiger partial charge in [0.05, 0.1) is 30.2 Å². The minimum absolute atomic E-state index is 0.0498. The molecule has 9 nitrogen and oxygen atoms in total. The second-order valence-electron chi connectivity index (χ2n) is 5.72. The molecule has 0 bridgehead atoms. The number of benzene rings is 1. The smallest absolute Gasteiger partial charge is 0.358 e. The predicted molar refractivity (Wildman–Crippen MR) is 111 cm³/mol. The van der Waals surface area contributed by atoms with Crippen LogP contribution < -0.4 is 10.6 Å². The first-order valence-electron chi connectivity index (χ1n) is 8.26. The summed E-state index contributed by atoms with van der Waals surface area (Å²) in [4.78, 5) is 27.3. The number of nitrogens with zero attached hydrogens (tertiary/aromatic N) is 1. The Hall–Kier alpha value is -2.11. The largest absolute Gasteiger partial charge is 0.464 e. The minimum Gasteiger partial charge on any atom is -0.464 e. The van der Waals surface area contributed by atoms with Crippen molar-refractivity contribution in [3.63, 3.8) is 0 Å². The van der Waals surface area contributed by atoms with Gasteiger partial charge in [0.2, 0.25) is 0 Å². The molecule has 3 N–H and O–H groups in total. The molecule has 0 aliphatic carbocycles. The summed E-state index contributed by atoms with van der Waals surface area (Å²) in [6.07, 6.45) is -0.612. The zero-order valence-corrected chi connectivity index (χ0v) is 18.2. The maximum atomic E-state index is 12.4. The summed E-state index contributed by atoms with van der Waals surface area (Å²) in [5.74, 6) is -0.592. The summed E-state index contributed by atoms with van der Waals surface area (Å²) in [6, 6.07) is 4.46. The highest BCUT2D eigenvalue weighted by atomic mass is 35.5. The Morgan fingerprint density at radius 2 is 1.90 bits per heavy atom. The second-order valence-corrected chi connectivity index (χ2v) is 6.92. The number of aromatic nitrogens is 2. The molecule has 29 heavy (non-hydrogen) atoms. The van der Waals surface area contributed by atoms with E-state index in [1.165, 1.54) is 25.9 Å². The summed E-state index contributed by atoms with van der Waals surface area (Å²) in [5.41, 5.74) is 0.799. The topological polar surface area (TPSA) is 107 Å². The molecule has 0 spiro atoms. The number of amides is 2. The van der Waals surface area contributed by atoms with E-state index in [-0.39, 0.29) is 29.4 Å². The van der Waals surface area contributed by atoms with Gasteiger partial charge >= 0.3 is 12.0 Å². The molecule has 0 saturated carbocycles. The minimum atomic E-state index is -0.681. The Morgan fingerprint density at radius 1 is 1.21 bits per heavy atom. The average molecular weight is 463 g/mol. The van der Waals surface area contributed by atoms with Crippen LogP contribution >= 0.6 is 35.4 Å². The quantitative estimate of drug-likeness (QED) is 0.315. The van der Waals surface area contributed by atoms with Crippen LogP contribution in [0.2, 0.25) is 10.0 Å². The first kappa shape index (κ1) is 23.2. The number of anilines is 1. The Kier molecular flexibility index (Phi) is 8.47. The Balaban J connectivity index is 2.28. The van der Waals surface area contributed by atoms with Crippen LogP contribution in [0, 0.1) is 4.77 Å². The van der Waals surface area contributed by atoms with E-state index in [0.717, 1.165) is 5.56 Å². The lowest BCUT2D eigenvalue weighted by Gasteiger charge is -2.14. The number of H-pyrrole nitrogens is 1. The maximum absolute atomic E-state index is 12.4. The van der Waals surface area contributed by atoms with Gasteiger partial charge in [-0.1, -0.05) is 29.3 Å². The van der Waals surface area contributed by atoms with E-state index in [9.17, 15) is 9.59 Å². The molecule has 1 aromatic heterocycles. The van der Waals surface area contributed by atoms with Crippen LogP contribution in [0.4, 0.5) is 10.6 Å². The van der Waals surface area contributed by atoms with Crippen molar-refractivity contribution in [2.45, 2.75) is 12.8 Å². The van der Waals surface area contributed by atoms with Gasteiger partial charge in [0.15, 0.2) is 16.8 Å². The van der Waals surface area contributed by atoms with Crippen molar-refractivity contribution in [1.29, 1.82) is 0 Å². The number of aromatic amines is 1. The number of carbonyl (C=O) groups is 2. The van der Waals surface area contributed by atoms with Gasteiger partial charge in [-0.25, -0.2) is 9.59 Å². The molecule has 2 amide bonds. The van der Waals surface area contributed by atoms with E-state index in [1.807, 2.05) is 0 Å². The number of ether oxygens (including phenoxy) is 3. The lowest BCUT2D eigenvalue weighted by molar-refractivity contribution is -0.0970. The number of hydrogen-bond donors (Lipinski definition) is 3. The normalized spacial score (nSPS) is 10.8. The fraction of sp³-hybridized carbons (Fsp3) is 0.353. The standard InChI is InChI=1S/C17H20Cl2N4O5S/c1-26-12(27-2)7-20-16(25)21-14-13(15(24)28-3)23(17(29)22-14)8-9-4-5-10(18)11(19)6-9/h4-6,12H,7-8H2,1-3H3,(H,22,29)(H2,20,21,25). The van der Waals surface area contributed by atoms with Crippen molar-refractivity contribution < 1.29 is 23.8 Å². The number of nitrogens with one attached hydrogen (secondary N) is 3. The number of hydrogen-bond acceptors (Lipinski definition) is 6. The highest BCUT2D eigenvalue weighted by Gasteiger charge is 2.22. The highest BCUT2D eigenvalue weighted by Crippen LogP contribution is 2.24. The lowest BCUT2D eigenvalue weighted by atomic mass is 10.2. The van der Waals surface area contributed by atoms with Crippen molar-refractivity contribution in [2.75, 3.05) is 33.2 Å². The SMILES string of the molecule is COC(=O)c1c(NC(=O)NCC(OC)OC)[nH]c(=S)n1Cc1ccc(Cl)c(Cl)c1. The maximum Gasteiger partial charge on any atom is 0.358 e. The Bertz CT molecular complexity index is 942. The molecule has 0 aliphatic heterocycles. The molecule has 1 heterocycles. The third-order valence-corrected chi connectivity index (χ3v) is 4.94. The molecular formula is C17H20Cl2N4O5S. The predicted octanol–water partition coefficient (Wildman–Crippen LogP) is 3.43. The van der Waals surface area contributed by atoms with Gasteiger partial charge in [0.1, 0.15) is 5.82 Å². The van der Waals surface area contributed by atoms with Crippen LogP contribution in [-0.2, 0) is 20.8 Å². The van der Waals surface area contributed by atoms with Crippen LogP contribution in [0.1, 0.15) is 16.1 Å². The first-order chi connectivity index (χ1) is 13.8. The van der Waals surface area contributed by atoms with Crippen LogP contribution in [0.25, 0.3) is 0 Å². The van der Waals surface area contributed by atoms with Crippen LogP contribution in [0.5, 0.6) is 0 Å². The number of rotatable bonds is 8. The van der Waals surface area contributed by atoms with Crippen molar-refractivity contribution in [3.8, 4) is 0 Å². The molecule has 12 heteroatoms. The average Bonchev–Trinajstić information content (AvgIpc) is 2.99. The molecule has 1 aromatic carbocycles. The highest BCUT2D eigenvalue weighted by molar-refractivity contribution is 7.71. The summed E-state index contributed by atoms with van der Waals surface area (Å²) in [5, 5.41) is 5.88. The lowest BCUT2D eigenvalue weighted by Crippen LogP contribution is -2.37. The molecule has 0 radical (unpaired) electrons. The molecule has 0 unspecified atom stereocenters.